The van der Waals surface area contributed by atoms with Crippen molar-refractivity contribution in [3.05, 3.63) is 28.8 Å². The topological polar surface area (TPSA) is 101 Å². The van der Waals surface area contributed by atoms with Crippen molar-refractivity contribution in [2.75, 3.05) is 25.1 Å². The van der Waals surface area contributed by atoms with E-state index in [2.05, 4.69) is 5.32 Å². The van der Waals surface area contributed by atoms with E-state index < -0.39 is 31.8 Å². The summed E-state index contributed by atoms with van der Waals surface area (Å²) >= 11 is 0. The van der Waals surface area contributed by atoms with Gasteiger partial charge in [0.2, 0.25) is 15.9 Å². The number of sulfonamides is 1. The average Bonchev–Trinajstić information content (AvgIpc) is 2.75. The molecular formula is C16H24N2O5S2. The van der Waals surface area contributed by atoms with Crippen LogP contribution < -0.4 is 5.32 Å². The van der Waals surface area contributed by atoms with Gasteiger partial charge in [-0.3, -0.25) is 4.79 Å². The van der Waals surface area contributed by atoms with Crippen LogP contribution in [-0.2, 0) is 24.7 Å². The molecule has 0 radical (unpaired) electrons. The molecule has 0 saturated carbocycles. The summed E-state index contributed by atoms with van der Waals surface area (Å²) in [4.78, 5) is 12.3. The summed E-state index contributed by atoms with van der Waals surface area (Å²) < 4.78 is 49.5. The summed E-state index contributed by atoms with van der Waals surface area (Å²) in [5.41, 5.74) is 2.23. The third-order valence-corrected chi connectivity index (χ3v) is 8.11. The lowest BCUT2D eigenvalue weighted by Crippen LogP contribution is -2.43. The van der Waals surface area contributed by atoms with Gasteiger partial charge in [0.15, 0.2) is 9.84 Å². The molecule has 1 saturated heterocycles. The van der Waals surface area contributed by atoms with Crippen molar-refractivity contribution in [3.63, 3.8) is 0 Å². The van der Waals surface area contributed by atoms with Crippen LogP contribution in [0.25, 0.3) is 0 Å². The third kappa shape index (κ3) is 4.59. The van der Waals surface area contributed by atoms with Crippen LogP contribution in [0.3, 0.4) is 0 Å². The highest BCUT2D eigenvalue weighted by Crippen LogP contribution is 2.24. The Labute approximate surface area is 149 Å². The van der Waals surface area contributed by atoms with Gasteiger partial charge < -0.3 is 5.32 Å². The van der Waals surface area contributed by atoms with Gasteiger partial charge in [0.25, 0.3) is 0 Å². The van der Waals surface area contributed by atoms with Gasteiger partial charge in [-0.2, -0.15) is 4.31 Å². The number of rotatable bonds is 5. The number of hydrogen-bond acceptors (Lipinski definition) is 5. The maximum atomic E-state index is 12.8. The number of nitrogens with zero attached hydrogens (tertiary/aromatic N) is 1. The van der Waals surface area contributed by atoms with Crippen LogP contribution in [0.5, 0.6) is 0 Å². The predicted octanol–water partition coefficient (Wildman–Crippen LogP) is 0.536. The van der Waals surface area contributed by atoms with Crippen LogP contribution >= 0.6 is 0 Å². The summed E-state index contributed by atoms with van der Waals surface area (Å²) in [7, 11) is -5.57. The maximum absolute atomic E-state index is 12.8. The molecule has 1 aromatic rings. The minimum Gasteiger partial charge on any atom is -0.351 e. The fraction of sp³-hybridized carbons (Fsp3) is 0.562. The van der Waals surface area contributed by atoms with Gasteiger partial charge >= 0.3 is 0 Å². The molecule has 1 aliphatic heterocycles. The Morgan fingerprint density at radius 3 is 2.28 bits per heavy atom. The summed E-state index contributed by atoms with van der Waals surface area (Å²) in [6.07, 6.45) is 0.362. The first-order valence-corrected chi connectivity index (χ1v) is 11.2. The molecule has 1 N–H and O–H groups in total. The van der Waals surface area contributed by atoms with E-state index in [1.54, 1.807) is 26.0 Å². The van der Waals surface area contributed by atoms with Crippen LogP contribution in [0.2, 0.25) is 0 Å². The first-order chi connectivity index (χ1) is 11.4. The number of amides is 1. The Bertz CT molecular complexity index is 868. The third-order valence-electron chi connectivity index (χ3n) is 4.24. The van der Waals surface area contributed by atoms with Gasteiger partial charge in [0.1, 0.15) is 0 Å². The Kier molecular flexibility index (Phi) is 5.60. The lowest BCUT2D eigenvalue weighted by molar-refractivity contribution is -0.121. The zero-order valence-corrected chi connectivity index (χ0v) is 16.5. The number of benzene rings is 1. The van der Waals surface area contributed by atoms with Crippen molar-refractivity contribution < 1.29 is 21.6 Å². The highest BCUT2D eigenvalue weighted by molar-refractivity contribution is 7.91. The quantitative estimate of drug-likeness (QED) is 0.793. The number of sulfone groups is 1. The minimum absolute atomic E-state index is 0.0494. The normalized spacial score (nSPS) is 20.0. The van der Waals surface area contributed by atoms with Crippen LogP contribution in [-0.4, -0.2) is 58.2 Å². The first kappa shape index (κ1) is 19.9. The molecule has 25 heavy (non-hydrogen) atoms. The fourth-order valence-electron chi connectivity index (χ4n) is 3.20. The molecule has 0 spiro atoms. The number of likely N-dealkylation sites (N-methyl/N-ethyl adjacent to an activating group) is 1. The molecule has 1 fully saturated rings. The Hall–Kier alpha value is -1.45. The number of nitrogens with one attached hydrogen (secondary N) is 1. The van der Waals surface area contributed by atoms with Gasteiger partial charge in [0.05, 0.1) is 22.9 Å². The van der Waals surface area contributed by atoms with Crippen LogP contribution in [0.4, 0.5) is 0 Å². The zero-order valence-electron chi connectivity index (χ0n) is 14.9. The number of carbonyl (C=O) groups excluding carboxylic acids is 1. The van der Waals surface area contributed by atoms with Gasteiger partial charge in [-0.25, -0.2) is 16.8 Å². The summed E-state index contributed by atoms with van der Waals surface area (Å²) in [5, 5.41) is 2.60. The SMILES string of the molecule is Cc1cc(C)c(S(=O)(=O)N(C)CC(=O)N[C@@H]2CCS(=O)(=O)C2)c(C)c1. The monoisotopic (exact) mass is 388 g/mol. The molecular weight excluding hydrogens is 364 g/mol. The second-order valence-corrected chi connectivity index (χ2v) is 10.9. The number of carbonyl (C=O) groups is 1. The van der Waals surface area contributed by atoms with Crippen molar-refractivity contribution in [2.24, 2.45) is 0 Å². The molecule has 1 atom stereocenters. The molecule has 1 aromatic carbocycles. The lowest BCUT2D eigenvalue weighted by Gasteiger charge is -2.21. The van der Waals surface area contributed by atoms with Gasteiger partial charge in [0, 0.05) is 13.1 Å². The Morgan fingerprint density at radius 1 is 1.24 bits per heavy atom. The van der Waals surface area contributed by atoms with E-state index in [0.29, 0.717) is 17.5 Å². The van der Waals surface area contributed by atoms with E-state index in [9.17, 15) is 21.6 Å². The molecule has 9 heteroatoms. The van der Waals surface area contributed by atoms with Crippen molar-refractivity contribution in [2.45, 2.75) is 38.1 Å². The highest BCUT2D eigenvalue weighted by Gasteiger charge is 2.31. The van der Waals surface area contributed by atoms with Crippen LogP contribution in [0.15, 0.2) is 17.0 Å². The second kappa shape index (κ2) is 7.05. The molecule has 0 bridgehead atoms. The molecule has 0 aromatic heterocycles. The number of aryl methyl sites for hydroxylation is 3. The van der Waals surface area contributed by atoms with Crippen molar-refractivity contribution in [3.8, 4) is 0 Å². The molecule has 1 amide bonds. The average molecular weight is 389 g/mol. The fourth-order valence-corrected chi connectivity index (χ4v) is 6.40. The molecule has 140 valence electrons. The van der Waals surface area contributed by atoms with Crippen molar-refractivity contribution in [1.82, 2.24) is 9.62 Å². The van der Waals surface area contributed by atoms with E-state index in [0.717, 1.165) is 9.87 Å². The predicted molar refractivity (Wildman–Crippen MR) is 95.7 cm³/mol. The summed E-state index contributed by atoms with van der Waals surface area (Å²) in [6, 6.07) is 3.13. The van der Waals surface area contributed by atoms with Gasteiger partial charge in [-0.1, -0.05) is 17.7 Å². The molecule has 0 aliphatic carbocycles. The van der Waals surface area contributed by atoms with Gasteiger partial charge in [-0.05, 0) is 38.3 Å². The molecule has 2 rings (SSSR count). The zero-order chi connectivity index (χ0) is 19.0. The summed E-state index contributed by atoms with van der Waals surface area (Å²) in [6.45, 7) is 4.99. The number of hydrogen-bond donors (Lipinski definition) is 1. The van der Waals surface area contributed by atoms with E-state index in [1.807, 2.05) is 6.92 Å². The van der Waals surface area contributed by atoms with Crippen molar-refractivity contribution >= 4 is 25.8 Å². The highest BCUT2D eigenvalue weighted by atomic mass is 32.2. The molecule has 1 aliphatic rings. The van der Waals surface area contributed by atoms with Gasteiger partial charge in [-0.15, -0.1) is 0 Å². The van der Waals surface area contributed by atoms with E-state index in [-0.39, 0.29) is 22.9 Å². The first-order valence-electron chi connectivity index (χ1n) is 7.96. The Morgan fingerprint density at radius 2 is 1.80 bits per heavy atom. The maximum Gasteiger partial charge on any atom is 0.243 e. The van der Waals surface area contributed by atoms with E-state index in [1.165, 1.54) is 7.05 Å². The summed E-state index contributed by atoms with van der Waals surface area (Å²) in [5.74, 6) is -0.547. The second-order valence-electron chi connectivity index (χ2n) is 6.66. The Balaban J connectivity index is 2.12. The van der Waals surface area contributed by atoms with Crippen LogP contribution in [0, 0.1) is 20.8 Å². The van der Waals surface area contributed by atoms with Crippen molar-refractivity contribution in [1.29, 1.82) is 0 Å². The molecule has 0 unspecified atom stereocenters. The largest absolute Gasteiger partial charge is 0.351 e. The molecule has 1 heterocycles. The van der Waals surface area contributed by atoms with E-state index in [4.69, 9.17) is 0 Å². The standard InChI is InChI=1S/C16H24N2O5S2/c1-11-7-12(2)16(13(3)8-11)25(22,23)18(4)9-15(19)17-14-5-6-24(20,21)10-14/h7-8,14H,5-6,9-10H2,1-4H3,(H,17,19)/t14-/m1/s1. The van der Waals surface area contributed by atoms with Crippen LogP contribution in [0.1, 0.15) is 23.1 Å². The smallest absolute Gasteiger partial charge is 0.243 e. The lowest BCUT2D eigenvalue weighted by atomic mass is 10.1. The minimum atomic E-state index is -3.81. The molecule has 7 nitrogen and oxygen atoms in total. The van der Waals surface area contributed by atoms with E-state index >= 15 is 0 Å².